The van der Waals surface area contributed by atoms with Crippen molar-refractivity contribution in [3.63, 3.8) is 0 Å². The summed E-state index contributed by atoms with van der Waals surface area (Å²) in [7, 11) is -2.54. The average Bonchev–Trinajstić information content (AvgIpc) is 2.82. The maximum Gasteiger partial charge on any atom is 0.339 e. The van der Waals surface area contributed by atoms with E-state index in [0.29, 0.717) is 13.1 Å². The standard InChI is InChI=1S/C24H28N2O7S/c1-16-11-17(2)14-26(13-16)34(30,31)19-8-6-7-18(12-19)23(28)33-15-22(27)25-21-10-5-4-9-20(21)24(29)32-3/h4-10,12,16-17H,11,13-15H2,1-3H3,(H,25,27). The minimum Gasteiger partial charge on any atom is -0.465 e. The first-order valence-corrected chi connectivity index (χ1v) is 12.3. The number of amides is 1. The number of nitrogens with one attached hydrogen (secondary N) is 1. The molecule has 2 aromatic carbocycles. The number of hydrogen-bond acceptors (Lipinski definition) is 7. The summed E-state index contributed by atoms with van der Waals surface area (Å²) in [5.74, 6) is -1.63. The summed E-state index contributed by atoms with van der Waals surface area (Å²) in [5, 5.41) is 2.50. The van der Waals surface area contributed by atoms with Gasteiger partial charge in [0.1, 0.15) is 0 Å². The van der Waals surface area contributed by atoms with Crippen LogP contribution in [0, 0.1) is 11.8 Å². The lowest BCUT2D eigenvalue weighted by molar-refractivity contribution is -0.119. The number of benzene rings is 2. The molecule has 0 radical (unpaired) electrons. The minimum atomic E-state index is -3.77. The zero-order valence-corrected chi connectivity index (χ0v) is 20.1. The summed E-state index contributed by atoms with van der Waals surface area (Å²) in [5.41, 5.74) is 0.388. The zero-order valence-electron chi connectivity index (χ0n) is 19.3. The Morgan fingerprint density at radius 1 is 1.00 bits per heavy atom. The number of anilines is 1. The Morgan fingerprint density at radius 2 is 1.68 bits per heavy atom. The third-order valence-electron chi connectivity index (χ3n) is 5.48. The molecule has 2 atom stereocenters. The molecular formula is C24H28N2O7S. The van der Waals surface area contributed by atoms with Crippen LogP contribution in [0.2, 0.25) is 0 Å². The van der Waals surface area contributed by atoms with E-state index in [9.17, 15) is 22.8 Å². The van der Waals surface area contributed by atoms with E-state index in [1.807, 2.05) is 13.8 Å². The first-order valence-electron chi connectivity index (χ1n) is 10.9. The number of hydrogen-bond donors (Lipinski definition) is 1. The molecule has 0 saturated carbocycles. The van der Waals surface area contributed by atoms with Crippen molar-refractivity contribution in [1.82, 2.24) is 4.31 Å². The molecule has 0 bridgehead atoms. The van der Waals surface area contributed by atoms with Crippen LogP contribution in [0.15, 0.2) is 53.4 Å². The van der Waals surface area contributed by atoms with Crippen molar-refractivity contribution in [2.45, 2.75) is 25.2 Å². The van der Waals surface area contributed by atoms with E-state index in [1.54, 1.807) is 12.1 Å². The third kappa shape index (κ3) is 6.00. The van der Waals surface area contributed by atoms with E-state index in [1.165, 1.54) is 47.8 Å². The smallest absolute Gasteiger partial charge is 0.339 e. The van der Waals surface area contributed by atoms with Gasteiger partial charge in [0.2, 0.25) is 10.0 Å². The number of nitrogens with zero attached hydrogens (tertiary/aromatic N) is 1. The number of esters is 2. The summed E-state index contributed by atoms with van der Waals surface area (Å²) in [6, 6.07) is 11.8. The highest BCUT2D eigenvalue weighted by Crippen LogP contribution is 2.27. The number of carbonyl (C=O) groups excluding carboxylic acids is 3. The molecule has 3 rings (SSSR count). The highest BCUT2D eigenvalue weighted by molar-refractivity contribution is 7.89. The normalized spacial score (nSPS) is 18.7. The SMILES string of the molecule is COC(=O)c1ccccc1NC(=O)COC(=O)c1cccc(S(=O)(=O)N2CC(C)CC(C)C2)c1. The molecule has 1 saturated heterocycles. The molecule has 1 N–H and O–H groups in total. The van der Waals surface area contributed by atoms with Crippen molar-refractivity contribution < 1.29 is 32.3 Å². The van der Waals surface area contributed by atoms with E-state index in [-0.39, 0.29) is 33.5 Å². The first-order chi connectivity index (χ1) is 16.1. The van der Waals surface area contributed by atoms with E-state index in [2.05, 4.69) is 10.1 Å². The largest absolute Gasteiger partial charge is 0.465 e. The van der Waals surface area contributed by atoms with E-state index >= 15 is 0 Å². The minimum absolute atomic E-state index is 0.000271. The molecule has 10 heteroatoms. The number of piperidine rings is 1. The van der Waals surface area contributed by atoms with Crippen molar-refractivity contribution in [2.24, 2.45) is 11.8 Å². The summed E-state index contributed by atoms with van der Waals surface area (Å²) >= 11 is 0. The Morgan fingerprint density at radius 3 is 2.35 bits per heavy atom. The van der Waals surface area contributed by atoms with Crippen LogP contribution in [0.1, 0.15) is 41.0 Å². The monoisotopic (exact) mass is 488 g/mol. The average molecular weight is 489 g/mol. The summed E-state index contributed by atoms with van der Waals surface area (Å²) < 4.78 is 37.4. The Bertz CT molecular complexity index is 1170. The van der Waals surface area contributed by atoms with Gasteiger partial charge in [-0.25, -0.2) is 18.0 Å². The summed E-state index contributed by atoms with van der Waals surface area (Å²) in [6.07, 6.45) is 0.963. The van der Waals surface area contributed by atoms with Gasteiger partial charge in [0.05, 0.1) is 28.8 Å². The van der Waals surface area contributed by atoms with Crippen LogP contribution in [0.3, 0.4) is 0 Å². The van der Waals surface area contributed by atoms with Gasteiger partial charge >= 0.3 is 11.9 Å². The molecular weight excluding hydrogens is 460 g/mol. The second-order valence-electron chi connectivity index (χ2n) is 8.46. The molecule has 1 heterocycles. The fourth-order valence-corrected chi connectivity index (χ4v) is 5.74. The van der Waals surface area contributed by atoms with Crippen molar-refractivity contribution in [2.75, 3.05) is 32.1 Å². The molecule has 182 valence electrons. The quantitative estimate of drug-likeness (QED) is 0.595. The number of ether oxygens (including phenoxy) is 2. The second-order valence-corrected chi connectivity index (χ2v) is 10.4. The van der Waals surface area contributed by atoms with Crippen molar-refractivity contribution >= 4 is 33.6 Å². The third-order valence-corrected chi connectivity index (χ3v) is 7.31. The van der Waals surface area contributed by atoms with Gasteiger partial charge < -0.3 is 14.8 Å². The van der Waals surface area contributed by atoms with Crippen LogP contribution in [0.5, 0.6) is 0 Å². The number of para-hydroxylation sites is 1. The van der Waals surface area contributed by atoms with Gasteiger partial charge in [-0.3, -0.25) is 4.79 Å². The molecule has 0 spiro atoms. The molecule has 1 aliphatic rings. The topological polar surface area (TPSA) is 119 Å². The van der Waals surface area contributed by atoms with Crippen LogP contribution < -0.4 is 5.32 Å². The molecule has 0 aliphatic carbocycles. The number of carbonyl (C=O) groups is 3. The van der Waals surface area contributed by atoms with Gasteiger partial charge in [-0.15, -0.1) is 0 Å². The van der Waals surface area contributed by atoms with Gasteiger partial charge in [-0.1, -0.05) is 32.0 Å². The number of rotatable bonds is 7. The molecule has 2 unspecified atom stereocenters. The highest BCUT2D eigenvalue weighted by atomic mass is 32.2. The molecule has 2 aromatic rings. The van der Waals surface area contributed by atoms with E-state index in [4.69, 9.17) is 4.74 Å². The van der Waals surface area contributed by atoms with Crippen LogP contribution in [0.25, 0.3) is 0 Å². The van der Waals surface area contributed by atoms with Crippen LogP contribution in [-0.4, -0.2) is 57.4 Å². The molecule has 34 heavy (non-hydrogen) atoms. The Kier molecular flexibility index (Phi) is 8.06. The molecule has 9 nitrogen and oxygen atoms in total. The van der Waals surface area contributed by atoms with Gasteiger partial charge in [0, 0.05) is 13.1 Å². The molecule has 0 aromatic heterocycles. The van der Waals surface area contributed by atoms with Gasteiger partial charge in [0.15, 0.2) is 6.61 Å². The lowest BCUT2D eigenvalue weighted by atomic mass is 9.94. The summed E-state index contributed by atoms with van der Waals surface area (Å²) in [6.45, 7) is 4.26. The van der Waals surface area contributed by atoms with Crippen molar-refractivity contribution in [1.29, 1.82) is 0 Å². The van der Waals surface area contributed by atoms with Crippen LogP contribution >= 0.6 is 0 Å². The Balaban J connectivity index is 1.66. The van der Waals surface area contributed by atoms with Crippen molar-refractivity contribution in [3.05, 3.63) is 59.7 Å². The maximum atomic E-state index is 13.1. The fraction of sp³-hybridized carbons (Fsp3) is 0.375. The van der Waals surface area contributed by atoms with Crippen molar-refractivity contribution in [3.8, 4) is 0 Å². The number of methoxy groups -OCH3 is 1. The number of sulfonamides is 1. The predicted molar refractivity (Wildman–Crippen MR) is 125 cm³/mol. The Labute approximate surface area is 199 Å². The molecule has 1 aliphatic heterocycles. The van der Waals surface area contributed by atoms with Crippen LogP contribution in [-0.2, 0) is 24.3 Å². The van der Waals surface area contributed by atoms with Crippen LogP contribution in [0.4, 0.5) is 5.69 Å². The maximum absolute atomic E-state index is 13.1. The highest BCUT2D eigenvalue weighted by Gasteiger charge is 2.32. The second kappa shape index (κ2) is 10.8. The van der Waals surface area contributed by atoms with E-state index in [0.717, 1.165) is 6.42 Å². The van der Waals surface area contributed by atoms with Gasteiger partial charge in [0.25, 0.3) is 5.91 Å². The molecule has 1 fully saturated rings. The molecule has 1 amide bonds. The Hall–Kier alpha value is -3.24. The van der Waals surface area contributed by atoms with Gasteiger partial charge in [-0.2, -0.15) is 4.31 Å². The van der Waals surface area contributed by atoms with E-state index < -0.39 is 34.5 Å². The predicted octanol–water partition coefficient (Wildman–Crippen LogP) is 2.94. The first kappa shape index (κ1) is 25.4. The van der Waals surface area contributed by atoms with Gasteiger partial charge in [-0.05, 0) is 48.6 Å². The summed E-state index contributed by atoms with van der Waals surface area (Å²) in [4.78, 5) is 36.6. The lowest BCUT2D eigenvalue weighted by Gasteiger charge is -2.34. The zero-order chi connectivity index (χ0) is 24.9. The lowest BCUT2D eigenvalue weighted by Crippen LogP contribution is -2.42. The fourth-order valence-electron chi connectivity index (χ4n) is 4.02.